The van der Waals surface area contributed by atoms with E-state index in [2.05, 4.69) is 82.2 Å². The van der Waals surface area contributed by atoms with Crippen molar-refractivity contribution in [2.24, 2.45) is 5.92 Å². The van der Waals surface area contributed by atoms with Crippen molar-refractivity contribution >= 4 is 80.3 Å². The average molecular weight is 706 g/mol. The molecule has 0 fully saturated rings. The van der Waals surface area contributed by atoms with Crippen LogP contribution in [0.1, 0.15) is 19.4 Å². The van der Waals surface area contributed by atoms with Gasteiger partial charge < -0.3 is 0 Å². The molecule has 2 aromatic rings. The summed E-state index contributed by atoms with van der Waals surface area (Å²) in [6.07, 6.45) is 0. The molecule has 0 spiro atoms. The first kappa shape index (κ1) is 20.7. The van der Waals surface area contributed by atoms with Crippen LogP contribution in [0.2, 0.25) is 5.02 Å². The van der Waals surface area contributed by atoms with Crippen molar-refractivity contribution < 1.29 is 4.79 Å². The van der Waals surface area contributed by atoms with E-state index in [1.165, 1.54) is 16.3 Å². The molecular formula is C20H19ClI3NO. The summed E-state index contributed by atoms with van der Waals surface area (Å²) < 4.78 is 6.10. The average Bonchev–Trinajstić information content (AvgIpc) is 3.05. The molecule has 2 aromatic carbocycles. The number of carbonyl (C=O) groups excluding carboxylic acids is 1. The topological polar surface area (TPSA) is 29.1 Å². The molecule has 0 saturated heterocycles. The molecule has 0 bridgehead atoms. The number of hydrogen-bond donors (Lipinski definition) is 1. The molecule has 0 aliphatic carbocycles. The predicted octanol–water partition coefficient (Wildman–Crippen LogP) is 6.51. The minimum absolute atomic E-state index is 0.0776. The van der Waals surface area contributed by atoms with Crippen molar-refractivity contribution in [3.8, 4) is 0 Å². The molecule has 1 aliphatic rings. The minimum atomic E-state index is -1.61. The molecule has 0 radical (unpaired) electrons. The maximum absolute atomic E-state index is 12.9. The molecule has 1 aliphatic heterocycles. The molecule has 0 atom stereocenters. The summed E-state index contributed by atoms with van der Waals surface area (Å²) in [5.41, 5.74) is 2.10. The van der Waals surface area contributed by atoms with Crippen LogP contribution in [0.5, 0.6) is 0 Å². The second kappa shape index (κ2) is 9.47. The van der Waals surface area contributed by atoms with Crippen molar-refractivity contribution in [1.29, 1.82) is 0 Å². The van der Waals surface area contributed by atoms with Gasteiger partial charge in [-0.25, -0.2) is 0 Å². The van der Waals surface area contributed by atoms with Gasteiger partial charge in [0.2, 0.25) is 0 Å². The monoisotopic (exact) mass is 705 g/mol. The molecule has 1 amide bonds. The van der Waals surface area contributed by atoms with E-state index in [0.717, 1.165) is 10.6 Å². The van der Waals surface area contributed by atoms with Crippen molar-refractivity contribution in [1.82, 2.24) is 5.32 Å². The Morgan fingerprint density at radius 1 is 1.23 bits per heavy atom. The van der Waals surface area contributed by atoms with Crippen molar-refractivity contribution in [3.63, 3.8) is 0 Å². The SMILES string of the molecule is CC(C)CNC(=O)C1=C(c2ccc(I)cc2)I(c2cccc(Cl)c2)I=C1. The van der Waals surface area contributed by atoms with E-state index in [-0.39, 0.29) is 22.7 Å². The molecule has 0 aromatic heterocycles. The van der Waals surface area contributed by atoms with Gasteiger partial charge in [0.25, 0.3) is 0 Å². The molecule has 26 heavy (non-hydrogen) atoms. The van der Waals surface area contributed by atoms with Crippen molar-refractivity contribution in [3.05, 3.63) is 71.8 Å². The zero-order chi connectivity index (χ0) is 18.7. The first-order valence-electron chi connectivity index (χ1n) is 8.17. The van der Waals surface area contributed by atoms with Crippen molar-refractivity contribution in [2.45, 2.75) is 13.8 Å². The number of carbonyl (C=O) groups is 1. The summed E-state index contributed by atoms with van der Waals surface area (Å²) >= 11 is 6.80. The second-order valence-electron chi connectivity index (χ2n) is 6.21. The third-order valence-corrected chi connectivity index (χ3v) is 20.5. The van der Waals surface area contributed by atoms with Crippen molar-refractivity contribution in [2.75, 3.05) is 6.54 Å². The quantitative estimate of drug-likeness (QED) is 0.354. The molecule has 0 unspecified atom stereocenters. The Morgan fingerprint density at radius 3 is 2.62 bits per heavy atom. The van der Waals surface area contributed by atoms with Gasteiger partial charge in [0, 0.05) is 0 Å². The molecular weight excluding hydrogens is 686 g/mol. The van der Waals surface area contributed by atoms with E-state index < -0.39 is 15.8 Å². The molecule has 0 saturated carbocycles. The van der Waals surface area contributed by atoms with Gasteiger partial charge >= 0.3 is 189 Å². The van der Waals surface area contributed by atoms with Gasteiger partial charge in [0.05, 0.1) is 0 Å². The van der Waals surface area contributed by atoms with E-state index in [1.807, 2.05) is 12.1 Å². The van der Waals surface area contributed by atoms with Gasteiger partial charge in [0.15, 0.2) is 0 Å². The van der Waals surface area contributed by atoms with E-state index in [9.17, 15) is 4.79 Å². The molecule has 1 N–H and O–H groups in total. The summed E-state index contributed by atoms with van der Waals surface area (Å²) in [5, 5.41) is 3.89. The van der Waals surface area contributed by atoms with E-state index in [4.69, 9.17) is 11.6 Å². The van der Waals surface area contributed by atoms with E-state index in [1.54, 1.807) is 0 Å². The van der Waals surface area contributed by atoms with Crippen LogP contribution < -0.4 is 5.32 Å². The first-order chi connectivity index (χ1) is 12.5. The number of hydrogen-bond acceptors (Lipinski definition) is 1. The maximum atomic E-state index is 12.9. The van der Waals surface area contributed by atoms with Crippen LogP contribution >= 0.6 is 66.8 Å². The Kier molecular flexibility index (Phi) is 7.55. The first-order valence-corrected chi connectivity index (χ1v) is 19.3. The Balaban J connectivity index is 2.04. The zero-order valence-electron chi connectivity index (χ0n) is 14.4. The van der Waals surface area contributed by atoms with Gasteiger partial charge in [-0.1, -0.05) is 0 Å². The van der Waals surface area contributed by atoms with Gasteiger partial charge in [-0.15, -0.1) is 0 Å². The van der Waals surface area contributed by atoms with Gasteiger partial charge in [-0.05, 0) is 0 Å². The van der Waals surface area contributed by atoms with E-state index in [0.29, 0.717) is 12.5 Å². The van der Waals surface area contributed by atoms with Gasteiger partial charge in [-0.3, -0.25) is 0 Å². The number of halogens is 4. The predicted molar refractivity (Wildman–Crippen MR) is 138 cm³/mol. The summed E-state index contributed by atoms with van der Waals surface area (Å²) in [5.74, 6) is 0.522. The fraction of sp³-hybridized carbons (Fsp3) is 0.200. The van der Waals surface area contributed by atoms with Crippen LogP contribution in [0.4, 0.5) is 0 Å². The van der Waals surface area contributed by atoms with Crippen LogP contribution in [0.25, 0.3) is 3.58 Å². The summed E-state index contributed by atoms with van der Waals surface area (Å²) in [6, 6.07) is 16.8. The standard InChI is InChI=1S/C20H19ClI3NO/c1-13(2)12-25-20(26)18-11-23-24(17-5-3-4-15(21)10-17)19(18)14-6-8-16(22)9-7-14/h3-11,13H,12H2,1-2H3,(H,25,26). The third kappa shape index (κ3) is 5.08. The van der Waals surface area contributed by atoms with Crippen LogP contribution in [0.3, 0.4) is 0 Å². The van der Waals surface area contributed by atoms with Crippen LogP contribution in [-0.4, -0.2) is 16.5 Å². The molecule has 6 heteroatoms. The van der Waals surface area contributed by atoms with Gasteiger partial charge in [-0.2, -0.15) is 0 Å². The van der Waals surface area contributed by atoms with Crippen LogP contribution in [0.15, 0.2) is 54.1 Å². The third-order valence-electron chi connectivity index (χ3n) is 3.63. The Hall–Kier alpha value is -0.000000000000000111. The second-order valence-corrected chi connectivity index (χ2v) is 21.3. The number of nitrogens with one attached hydrogen (secondary N) is 1. The Labute approximate surface area is 186 Å². The van der Waals surface area contributed by atoms with Gasteiger partial charge in [0.1, 0.15) is 0 Å². The normalized spacial score (nSPS) is 15.3. The summed E-state index contributed by atoms with van der Waals surface area (Å²) in [6.45, 7) is 4.94. The van der Waals surface area contributed by atoms with Crippen LogP contribution in [0, 0.1) is 13.1 Å². The number of benzene rings is 2. The molecule has 1 heterocycles. The summed E-state index contributed by atoms with van der Waals surface area (Å²) in [4.78, 5) is 12.9. The Morgan fingerprint density at radius 2 is 1.96 bits per heavy atom. The number of rotatable bonds is 5. The molecule has 2 nitrogen and oxygen atoms in total. The fourth-order valence-electron chi connectivity index (χ4n) is 2.37. The summed E-state index contributed by atoms with van der Waals surface area (Å²) in [7, 11) is 0. The fourth-order valence-corrected chi connectivity index (χ4v) is 20.2. The number of amides is 1. The van der Waals surface area contributed by atoms with E-state index >= 15 is 0 Å². The zero-order valence-corrected chi connectivity index (χ0v) is 21.6. The Bertz CT molecular complexity index is 875. The molecule has 138 valence electrons. The van der Waals surface area contributed by atoms with Crippen LogP contribution in [-0.2, 0) is 4.79 Å². The molecule has 3 rings (SSSR count).